The first-order valence-corrected chi connectivity index (χ1v) is 7.62. The van der Waals surface area contributed by atoms with Crippen LogP contribution in [0.5, 0.6) is 0 Å². The Morgan fingerprint density at radius 1 is 1.23 bits per heavy atom. The lowest BCUT2D eigenvalue weighted by Gasteiger charge is -2.10. The third-order valence-corrected chi connectivity index (χ3v) is 3.71. The molecule has 0 spiro atoms. The Balaban J connectivity index is 1.96. The fourth-order valence-corrected chi connectivity index (χ4v) is 2.72. The summed E-state index contributed by atoms with van der Waals surface area (Å²) >= 11 is 0. The fourth-order valence-electron chi connectivity index (χ4n) is 2.72. The lowest BCUT2D eigenvalue weighted by molar-refractivity contribution is -0.136. The number of aromatic nitrogens is 3. The van der Waals surface area contributed by atoms with Crippen molar-refractivity contribution < 1.29 is 22.4 Å². The van der Waals surface area contributed by atoms with Crippen molar-refractivity contribution in [1.82, 2.24) is 14.8 Å². The molecule has 26 heavy (non-hydrogen) atoms. The van der Waals surface area contributed by atoms with Crippen molar-refractivity contribution in [2.75, 3.05) is 5.32 Å². The first kappa shape index (κ1) is 17.8. The Bertz CT molecular complexity index is 994. The van der Waals surface area contributed by atoms with Gasteiger partial charge in [0.2, 0.25) is 5.91 Å². The molecule has 5 nitrogen and oxygen atoms in total. The lowest BCUT2D eigenvalue weighted by Crippen LogP contribution is -2.20. The molecular weight excluding hydrogens is 352 g/mol. The molecule has 0 aliphatic rings. The molecule has 0 saturated carbocycles. The molecule has 3 rings (SSSR count). The maximum Gasteiger partial charge on any atom is 0.417 e. The molecule has 3 aromatic rings. The van der Waals surface area contributed by atoms with Crippen LogP contribution in [0.1, 0.15) is 17.0 Å². The zero-order valence-electron chi connectivity index (χ0n) is 13.9. The van der Waals surface area contributed by atoms with E-state index in [4.69, 9.17) is 0 Å². The van der Waals surface area contributed by atoms with Gasteiger partial charge in [-0.1, -0.05) is 6.07 Å². The number of anilines is 1. The molecule has 0 aliphatic heterocycles. The average molecular weight is 366 g/mol. The molecule has 136 valence electrons. The highest BCUT2D eigenvalue weighted by Crippen LogP contribution is 2.36. The van der Waals surface area contributed by atoms with Crippen LogP contribution in [-0.4, -0.2) is 20.7 Å². The van der Waals surface area contributed by atoms with Gasteiger partial charge in [0.05, 0.1) is 16.6 Å². The molecule has 0 aliphatic carbocycles. The lowest BCUT2D eigenvalue weighted by atomic mass is 10.1. The molecule has 0 radical (unpaired) electrons. The van der Waals surface area contributed by atoms with Crippen LogP contribution in [0.3, 0.4) is 0 Å². The molecule has 2 aromatic heterocycles. The van der Waals surface area contributed by atoms with Crippen LogP contribution in [0.2, 0.25) is 0 Å². The number of nitrogens with zero attached hydrogens (tertiary/aromatic N) is 3. The van der Waals surface area contributed by atoms with Crippen LogP contribution in [0.25, 0.3) is 11.0 Å². The highest BCUT2D eigenvalue weighted by atomic mass is 19.4. The van der Waals surface area contributed by atoms with Gasteiger partial charge in [-0.25, -0.2) is 14.1 Å². The van der Waals surface area contributed by atoms with Gasteiger partial charge in [-0.2, -0.15) is 18.3 Å². The van der Waals surface area contributed by atoms with Crippen molar-refractivity contribution in [3.05, 3.63) is 53.1 Å². The van der Waals surface area contributed by atoms with E-state index in [0.717, 1.165) is 16.8 Å². The number of alkyl halides is 3. The Kier molecular flexibility index (Phi) is 4.39. The van der Waals surface area contributed by atoms with E-state index in [-0.39, 0.29) is 34.7 Å². The summed E-state index contributed by atoms with van der Waals surface area (Å²) < 4.78 is 54.2. The second-order valence-electron chi connectivity index (χ2n) is 5.81. The van der Waals surface area contributed by atoms with Crippen LogP contribution >= 0.6 is 0 Å². The van der Waals surface area contributed by atoms with Gasteiger partial charge in [0, 0.05) is 11.4 Å². The van der Waals surface area contributed by atoms with Gasteiger partial charge in [-0.3, -0.25) is 4.79 Å². The number of hydrogen-bond donors (Lipinski definition) is 1. The predicted octanol–water partition coefficient (Wildman–Crippen LogP) is 3.84. The third-order valence-electron chi connectivity index (χ3n) is 3.71. The largest absolute Gasteiger partial charge is 0.417 e. The number of fused-ring (bicyclic) bond motifs is 1. The fraction of sp³-hybridized carbons (Fsp3) is 0.235. The van der Waals surface area contributed by atoms with E-state index < -0.39 is 23.5 Å². The standard InChI is InChI=1S/C17H14F4N4O/c1-9-6-13(17(19,20)21)15-10(2)24-25(16(15)22-9)8-14(26)23-12-5-3-4-11(18)7-12/h3-7H,8H2,1-2H3,(H,23,26). The number of aryl methyl sites for hydroxylation is 2. The molecule has 0 unspecified atom stereocenters. The first-order valence-electron chi connectivity index (χ1n) is 7.62. The zero-order valence-corrected chi connectivity index (χ0v) is 13.9. The number of halogens is 4. The molecule has 2 heterocycles. The van der Waals surface area contributed by atoms with Crippen LogP contribution in [-0.2, 0) is 17.5 Å². The van der Waals surface area contributed by atoms with Crippen LogP contribution in [0, 0.1) is 19.7 Å². The summed E-state index contributed by atoms with van der Waals surface area (Å²) in [5.74, 6) is -1.08. The van der Waals surface area contributed by atoms with E-state index in [2.05, 4.69) is 15.4 Å². The number of pyridine rings is 1. The minimum Gasteiger partial charge on any atom is -0.324 e. The number of hydrogen-bond acceptors (Lipinski definition) is 3. The number of benzene rings is 1. The summed E-state index contributed by atoms with van der Waals surface area (Å²) in [7, 11) is 0. The molecule has 1 amide bonds. The minimum absolute atomic E-state index is 0.0239. The van der Waals surface area contributed by atoms with E-state index >= 15 is 0 Å². The van der Waals surface area contributed by atoms with Crippen LogP contribution in [0.15, 0.2) is 30.3 Å². The smallest absolute Gasteiger partial charge is 0.324 e. The highest BCUT2D eigenvalue weighted by Gasteiger charge is 2.35. The number of carbonyl (C=O) groups excluding carboxylic acids is 1. The van der Waals surface area contributed by atoms with Gasteiger partial charge < -0.3 is 5.32 Å². The topological polar surface area (TPSA) is 59.8 Å². The van der Waals surface area contributed by atoms with E-state index in [0.29, 0.717) is 0 Å². The van der Waals surface area contributed by atoms with E-state index in [1.807, 2.05) is 0 Å². The first-order chi connectivity index (χ1) is 12.1. The van der Waals surface area contributed by atoms with E-state index in [1.54, 1.807) is 0 Å². The number of carbonyl (C=O) groups is 1. The predicted molar refractivity (Wildman–Crippen MR) is 87.0 cm³/mol. The monoisotopic (exact) mass is 366 g/mol. The summed E-state index contributed by atoms with van der Waals surface area (Å²) in [6, 6.07) is 6.24. The number of amides is 1. The molecule has 1 N–H and O–H groups in total. The van der Waals surface area contributed by atoms with Crippen molar-refractivity contribution >= 4 is 22.6 Å². The number of rotatable bonds is 3. The quantitative estimate of drug-likeness (QED) is 0.717. The molecule has 0 fully saturated rings. The molecule has 0 atom stereocenters. The van der Waals surface area contributed by atoms with Crippen LogP contribution < -0.4 is 5.32 Å². The minimum atomic E-state index is -4.56. The number of nitrogens with one attached hydrogen (secondary N) is 1. The van der Waals surface area contributed by atoms with Gasteiger partial charge in [0.1, 0.15) is 12.4 Å². The molecule has 9 heteroatoms. The average Bonchev–Trinajstić information content (AvgIpc) is 2.81. The van der Waals surface area contributed by atoms with Gasteiger partial charge in [0.15, 0.2) is 5.65 Å². The Labute approximate surface area is 145 Å². The summed E-state index contributed by atoms with van der Waals surface area (Å²) in [6.45, 7) is 2.51. The van der Waals surface area contributed by atoms with Crippen molar-refractivity contribution in [2.24, 2.45) is 0 Å². The molecule has 1 aromatic carbocycles. The Morgan fingerprint density at radius 3 is 2.62 bits per heavy atom. The van der Waals surface area contributed by atoms with Gasteiger partial charge >= 0.3 is 6.18 Å². The maximum atomic E-state index is 13.3. The van der Waals surface area contributed by atoms with Crippen molar-refractivity contribution in [3.8, 4) is 0 Å². The zero-order chi connectivity index (χ0) is 19.1. The van der Waals surface area contributed by atoms with Gasteiger partial charge in [-0.05, 0) is 38.1 Å². The second kappa shape index (κ2) is 6.40. The Morgan fingerprint density at radius 2 is 1.96 bits per heavy atom. The third kappa shape index (κ3) is 3.51. The summed E-state index contributed by atoms with van der Waals surface area (Å²) in [4.78, 5) is 16.3. The Hall–Kier alpha value is -2.97. The van der Waals surface area contributed by atoms with E-state index in [1.165, 1.54) is 32.0 Å². The van der Waals surface area contributed by atoms with Crippen LogP contribution in [0.4, 0.5) is 23.2 Å². The van der Waals surface area contributed by atoms with Crippen molar-refractivity contribution in [3.63, 3.8) is 0 Å². The molecule has 0 saturated heterocycles. The van der Waals surface area contributed by atoms with Crippen molar-refractivity contribution in [1.29, 1.82) is 0 Å². The van der Waals surface area contributed by atoms with Gasteiger partial charge in [0.25, 0.3) is 0 Å². The summed E-state index contributed by atoms with van der Waals surface area (Å²) in [5.41, 5.74) is -0.336. The highest BCUT2D eigenvalue weighted by molar-refractivity contribution is 5.92. The molecule has 0 bridgehead atoms. The SMILES string of the molecule is Cc1cc(C(F)(F)F)c2c(C)nn(CC(=O)Nc3cccc(F)c3)c2n1. The normalized spacial score (nSPS) is 11.8. The second-order valence-corrected chi connectivity index (χ2v) is 5.81. The maximum absolute atomic E-state index is 13.3. The van der Waals surface area contributed by atoms with E-state index in [9.17, 15) is 22.4 Å². The van der Waals surface area contributed by atoms with Crippen molar-refractivity contribution in [2.45, 2.75) is 26.6 Å². The summed E-state index contributed by atoms with van der Waals surface area (Å²) in [6.07, 6.45) is -4.56. The van der Waals surface area contributed by atoms with Gasteiger partial charge in [-0.15, -0.1) is 0 Å². The summed E-state index contributed by atoms with van der Waals surface area (Å²) in [5, 5.41) is 6.36. The molecular formula is C17H14F4N4O.